The molecule has 14 rings (SSSR count). The van der Waals surface area contributed by atoms with Crippen LogP contribution in [0.1, 0.15) is 22.3 Å². The number of hydrogen-bond donors (Lipinski definition) is 0. The third kappa shape index (κ3) is 4.99. The highest BCUT2D eigenvalue weighted by molar-refractivity contribution is 6.15. The molecule has 0 amide bonds. The highest BCUT2D eigenvalue weighted by Crippen LogP contribution is 2.64. The van der Waals surface area contributed by atoms with E-state index in [0.29, 0.717) is 0 Å². The van der Waals surface area contributed by atoms with Gasteiger partial charge >= 0.3 is 0 Å². The summed E-state index contributed by atoms with van der Waals surface area (Å²) >= 11 is 0. The Morgan fingerprint density at radius 3 is 1.75 bits per heavy atom. The Morgan fingerprint density at radius 1 is 0.354 bits per heavy atom. The summed E-state index contributed by atoms with van der Waals surface area (Å²) in [6.07, 6.45) is 0. The summed E-state index contributed by atoms with van der Waals surface area (Å²) in [5, 5.41) is 7.45. The first-order valence-corrected chi connectivity index (χ1v) is 22.6. The SMILES string of the molecule is c1ccc(-c2ccc3cccc4c3c2C2(c3ccccc3-c3ccc(N(c5ccc6ccccc6c5)c5cccc6c7ccccc7n(-c7ccccc7)c56)cc32)c2ccccc2-4)cc1. The van der Waals surface area contributed by atoms with Gasteiger partial charge in [0.15, 0.2) is 0 Å². The Hall–Kier alpha value is -8.46. The van der Waals surface area contributed by atoms with Gasteiger partial charge in [0.2, 0.25) is 0 Å². The second-order valence-electron chi connectivity index (χ2n) is 17.6. The maximum atomic E-state index is 2.54. The average Bonchev–Trinajstić information content (AvgIpc) is 3.87. The zero-order valence-electron chi connectivity index (χ0n) is 35.5. The number of anilines is 3. The van der Waals surface area contributed by atoms with E-state index in [1.54, 1.807) is 0 Å². The van der Waals surface area contributed by atoms with Crippen LogP contribution in [0.4, 0.5) is 17.1 Å². The molecule has 11 aromatic carbocycles. The van der Waals surface area contributed by atoms with Gasteiger partial charge in [0, 0.05) is 27.8 Å². The zero-order chi connectivity index (χ0) is 42.6. The van der Waals surface area contributed by atoms with E-state index in [1.165, 1.54) is 99.0 Å². The number of fused-ring (bicyclic) bond motifs is 13. The first-order chi connectivity index (χ1) is 32.3. The van der Waals surface area contributed by atoms with Crippen LogP contribution in [-0.2, 0) is 5.41 Å². The van der Waals surface area contributed by atoms with Gasteiger partial charge in [-0.05, 0) is 126 Å². The van der Waals surface area contributed by atoms with Crippen molar-refractivity contribution in [2.45, 2.75) is 5.41 Å². The summed E-state index contributed by atoms with van der Waals surface area (Å²) in [5.41, 5.74) is 19.1. The molecule has 0 N–H and O–H groups in total. The van der Waals surface area contributed by atoms with Crippen molar-refractivity contribution < 1.29 is 0 Å². The minimum Gasteiger partial charge on any atom is -0.308 e. The molecule has 2 aliphatic carbocycles. The van der Waals surface area contributed by atoms with Gasteiger partial charge in [-0.25, -0.2) is 0 Å². The van der Waals surface area contributed by atoms with Crippen LogP contribution in [0.15, 0.2) is 243 Å². The Labute approximate surface area is 377 Å². The molecule has 1 spiro atoms. The molecule has 2 aliphatic rings. The van der Waals surface area contributed by atoms with Crippen LogP contribution in [0.2, 0.25) is 0 Å². The summed E-state index contributed by atoms with van der Waals surface area (Å²) in [5.74, 6) is 0. The van der Waals surface area contributed by atoms with Crippen LogP contribution in [-0.4, -0.2) is 4.57 Å². The number of benzene rings is 11. The van der Waals surface area contributed by atoms with E-state index in [1.807, 2.05) is 0 Å². The predicted molar refractivity (Wildman–Crippen MR) is 272 cm³/mol. The molecule has 1 aromatic heterocycles. The summed E-state index contributed by atoms with van der Waals surface area (Å²) < 4.78 is 2.46. The second-order valence-corrected chi connectivity index (χ2v) is 17.6. The van der Waals surface area contributed by atoms with Crippen molar-refractivity contribution in [1.82, 2.24) is 4.57 Å². The molecular formula is C63H40N2. The third-order valence-corrected chi connectivity index (χ3v) is 14.3. The van der Waals surface area contributed by atoms with Crippen molar-refractivity contribution in [2.24, 2.45) is 0 Å². The van der Waals surface area contributed by atoms with Gasteiger partial charge < -0.3 is 9.47 Å². The monoisotopic (exact) mass is 824 g/mol. The lowest BCUT2D eigenvalue weighted by Gasteiger charge is -2.41. The summed E-state index contributed by atoms with van der Waals surface area (Å²) in [7, 11) is 0. The largest absolute Gasteiger partial charge is 0.308 e. The van der Waals surface area contributed by atoms with E-state index >= 15 is 0 Å². The average molecular weight is 825 g/mol. The van der Waals surface area contributed by atoms with E-state index in [9.17, 15) is 0 Å². The van der Waals surface area contributed by atoms with Crippen molar-refractivity contribution in [3.8, 4) is 39.1 Å². The molecule has 2 nitrogen and oxygen atoms in total. The molecule has 302 valence electrons. The molecule has 1 unspecified atom stereocenters. The number of aromatic nitrogens is 1. The topological polar surface area (TPSA) is 8.17 Å². The number of para-hydroxylation sites is 3. The molecular weight excluding hydrogens is 785 g/mol. The Balaban J connectivity index is 1.13. The molecule has 2 heteroatoms. The summed E-state index contributed by atoms with van der Waals surface area (Å²) in [6, 6.07) is 90.4. The minimum atomic E-state index is -0.627. The molecule has 0 aliphatic heterocycles. The number of rotatable bonds is 5. The molecule has 0 saturated heterocycles. The molecule has 0 fully saturated rings. The van der Waals surface area contributed by atoms with Crippen molar-refractivity contribution in [1.29, 1.82) is 0 Å². The van der Waals surface area contributed by atoms with Crippen LogP contribution >= 0.6 is 0 Å². The van der Waals surface area contributed by atoms with Gasteiger partial charge in [-0.1, -0.05) is 194 Å². The second kappa shape index (κ2) is 13.8. The Bertz CT molecular complexity index is 3900. The van der Waals surface area contributed by atoms with Gasteiger partial charge in [0.25, 0.3) is 0 Å². The summed E-state index contributed by atoms with van der Waals surface area (Å²) in [4.78, 5) is 2.52. The molecule has 0 saturated carbocycles. The molecule has 12 aromatic rings. The van der Waals surface area contributed by atoms with Gasteiger partial charge in [0.1, 0.15) is 0 Å². The van der Waals surface area contributed by atoms with E-state index in [2.05, 4.69) is 252 Å². The van der Waals surface area contributed by atoms with Crippen LogP contribution in [0.5, 0.6) is 0 Å². The third-order valence-electron chi connectivity index (χ3n) is 14.3. The van der Waals surface area contributed by atoms with E-state index in [4.69, 9.17) is 0 Å². The first-order valence-electron chi connectivity index (χ1n) is 22.6. The van der Waals surface area contributed by atoms with Crippen molar-refractivity contribution in [3.05, 3.63) is 265 Å². The Kier molecular flexibility index (Phi) is 7.64. The van der Waals surface area contributed by atoms with Crippen LogP contribution in [0, 0.1) is 0 Å². The fraction of sp³-hybridized carbons (Fsp3) is 0.0159. The lowest BCUT2D eigenvalue weighted by molar-refractivity contribution is 0.775. The van der Waals surface area contributed by atoms with Crippen LogP contribution < -0.4 is 4.90 Å². The van der Waals surface area contributed by atoms with Gasteiger partial charge in [-0.2, -0.15) is 0 Å². The van der Waals surface area contributed by atoms with Crippen molar-refractivity contribution in [2.75, 3.05) is 4.90 Å². The van der Waals surface area contributed by atoms with Crippen molar-refractivity contribution >= 4 is 60.4 Å². The lowest BCUT2D eigenvalue weighted by atomic mass is 9.60. The quantitative estimate of drug-likeness (QED) is 0.168. The fourth-order valence-corrected chi connectivity index (χ4v) is 11.8. The normalized spacial score (nSPS) is 14.5. The highest BCUT2D eigenvalue weighted by Gasteiger charge is 2.51. The van der Waals surface area contributed by atoms with E-state index in [0.717, 1.165) is 22.7 Å². The van der Waals surface area contributed by atoms with E-state index < -0.39 is 5.41 Å². The number of hydrogen-bond acceptors (Lipinski definition) is 1. The fourth-order valence-electron chi connectivity index (χ4n) is 11.8. The zero-order valence-corrected chi connectivity index (χ0v) is 35.5. The predicted octanol–water partition coefficient (Wildman–Crippen LogP) is 16.6. The van der Waals surface area contributed by atoms with Crippen LogP contribution in [0.25, 0.3) is 82.4 Å². The minimum absolute atomic E-state index is 0.627. The maximum Gasteiger partial charge on any atom is 0.0782 e. The van der Waals surface area contributed by atoms with Gasteiger partial charge in [-0.3, -0.25) is 0 Å². The lowest BCUT2D eigenvalue weighted by Crippen LogP contribution is -2.32. The summed E-state index contributed by atoms with van der Waals surface area (Å²) in [6.45, 7) is 0. The van der Waals surface area contributed by atoms with Gasteiger partial charge in [-0.15, -0.1) is 0 Å². The number of nitrogens with zero attached hydrogens (tertiary/aromatic N) is 2. The van der Waals surface area contributed by atoms with Crippen LogP contribution in [0.3, 0.4) is 0 Å². The van der Waals surface area contributed by atoms with Crippen molar-refractivity contribution in [3.63, 3.8) is 0 Å². The van der Waals surface area contributed by atoms with E-state index in [-0.39, 0.29) is 0 Å². The first kappa shape index (κ1) is 36.1. The molecule has 65 heavy (non-hydrogen) atoms. The van der Waals surface area contributed by atoms with Gasteiger partial charge in [0.05, 0.1) is 22.1 Å². The smallest absolute Gasteiger partial charge is 0.0782 e. The molecule has 1 heterocycles. The highest BCUT2D eigenvalue weighted by atomic mass is 15.2. The molecule has 0 bridgehead atoms. The standard InChI is InChI=1S/C63H40N2/c1-3-18-42(19-4-1)48-37-34-43-21-15-27-53-50-25-10-13-30-56(50)63(61(48)60(43)53)55-29-12-9-24-49(55)51-38-36-47(40-57(51)63)64(46-35-33-41-17-7-8-20-44(41)39-46)59-32-16-28-54-52-26-11-14-31-58(52)65(62(54)59)45-22-5-2-6-23-45/h1-40H. The maximum absolute atomic E-state index is 2.54. The molecule has 1 atom stereocenters. The molecule has 0 radical (unpaired) electrons. The Morgan fingerprint density at radius 2 is 0.923 bits per heavy atom.